The number of carbonyl (C=O) groups excluding carboxylic acids is 2. The molecule has 1 heterocycles. The Hall–Kier alpha value is -2.46. The van der Waals surface area contributed by atoms with Crippen LogP contribution in [-0.2, 0) is 47.7 Å². The van der Waals surface area contributed by atoms with Crippen LogP contribution in [0, 0.1) is 10.8 Å². The van der Waals surface area contributed by atoms with Gasteiger partial charge >= 0.3 is 25.5 Å². The molecule has 1 aromatic heterocycles. The quantitative estimate of drug-likeness (QED) is 0.169. The fourth-order valence-electron chi connectivity index (χ4n) is 2.56. The molecule has 1 aromatic rings. The summed E-state index contributed by atoms with van der Waals surface area (Å²) in [5.41, 5.74) is -6.68. The number of rotatable bonds is 13. The summed E-state index contributed by atoms with van der Waals surface area (Å²) in [6.07, 6.45) is -1.81. The summed E-state index contributed by atoms with van der Waals surface area (Å²) in [6, 6.07) is 0.833. The lowest BCUT2D eigenvalue weighted by molar-refractivity contribution is -0.274. The number of nitrogens with zero attached hydrogens (tertiary/aromatic N) is 1. The fourth-order valence-corrected chi connectivity index (χ4v) is 3.49. The molecule has 0 aromatic carbocycles. The van der Waals surface area contributed by atoms with Crippen molar-refractivity contribution in [3.8, 4) is 0 Å². The SMILES string of the molecule is CO[C@](F)(COP(=O)(OCOC(=O)C(C)(C)C)OCOC(=O)C(C)(C)C)[C@@H](O)[C@@](C)(O)n1ccc(=O)[nH]c1=O. The molecule has 0 fully saturated rings. The number of phosphoric ester groups is 1. The van der Waals surface area contributed by atoms with E-state index in [0.29, 0.717) is 4.57 Å². The van der Waals surface area contributed by atoms with Gasteiger partial charge in [0.25, 0.3) is 11.4 Å². The maximum absolute atomic E-state index is 15.7. The summed E-state index contributed by atoms with van der Waals surface area (Å²) in [7, 11) is -4.14. The van der Waals surface area contributed by atoms with Gasteiger partial charge < -0.3 is 24.4 Å². The van der Waals surface area contributed by atoms with Crippen molar-refractivity contribution in [3.63, 3.8) is 0 Å². The minimum Gasteiger partial charge on any atom is -0.437 e. The van der Waals surface area contributed by atoms with E-state index in [1.807, 2.05) is 4.98 Å². The van der Waals surface area contributed by atoms with E-state index >= 15 is 4.39 Å². The zero-order chi connectivity index (χ0) is 30.4. The van der Waals surface area contributed by atoms with E-state index < -0.39 is 79.7 Å². The second-order valence-electron chi connectivity index (χ2n) is 10.5. The molecule has 0 radical (unpaired) electrons. The highest BCUT2D eigenvalue weighted by atomic mass is 31.2. The number of aliphatic hydroxyl groups is 2. The highest BCUT2D eigenvalue weighted by Crippen LogP contribution is 2.51. The Labute approximate surface area is 223 Å². The third-order valence-corrected chi connectivity index (χ3v) is 6.31. The van der Waals surface area contributed by atoms with Crippen molar-refractivity contribution in [2.45, 2.75) is 66.1 Å². The standard InChI is InChI=1S/C22H36FN2O13P/c1-19(2,3)16(28)34-12-37-39(32,38-13-35-17(29)20(4,5)6)36-11-22(23,33-8)15(27)21(7,31)25-10-9-14(26)24-18(25)30/h9-10,15,27,31H,11-13H2,1-8H3,(H,24,26,30)/t15-,21+,22+/m0/s1. The summed E-state index contributed by atoms with van der Waals surface area (Å²) < 4.78 is 58.3. The maximum Gasteiger partial charge on any atom is 0.480 e. The number of aromatic nitrogens is 2. The maximum atomic E-state index is 15.7. The molecule has 39 heavy (non-hydrogen) atoms. The largest absolute Gasteiger partial charge is 0.480 e. The van der Waals surface area contributed by atoms with Gasteiger partial charge in [0.05, 0.1) is 10.8 Å². The zero-order valence-electron chi connectivity index (χ0n) is 23.0. The molecule has 0 aliphatic carbocycles. The summed E-state index contributed by atoms with van der Waals surface area (Å²) in [6.45, 7) is 6.60. The molecule has 3 atom stereocenters. The Kier molecular flexibility index (Phi) is 11.4. The van der Waals surface area contributed by atoms with Gasteiger partial charge in [-0.15, -0.1) is 0 Å². The normalized spacial score (nSPS) is 16.6. The van der Waals surface area contributed by atoms with Crippen molar-refractivity contribution in [1.82, 2.24) is 9.55 Å². The van der Waals surface area contributed by atoms with E-state index in [-0.39, 0.29) is 0 Å². The number of alkyl halides is 1. The first kappa shape index (κ1) is 34.6. The first-order valence-corrected chi connectivity index (χ1v) is 12.9. The van der Waals surface area contributed by atoms with Gasteiger partial charge in [0.1, 0.15) is 6.61 Å². The Morgan fingerprint density at radius 2 is 1.46 bits per heavy atom. The van der Waals surface area contributed by atoms with Gasteiger partial charge in [-0.05, 0) is 48.5 Å². The van der Waals surface area contributed by atoms with Crippen LogP contribution in [0.2, 0.25) is 0 Å². The Bertz CT molecular complexity index is 1130. The van der Waals surface area contributed by atoms with Crippen molar-refractivity contribution in [3.05, 3.63) is 33.1 Å². The summed E-state index contributed by atoms with van der Waals surface area (Å²) in [5, 5.41) is 21.4. The molecule has 15 nitrogen and oxygen atoms in total. The molecule has 0 aliphatic heterocycles. The van der Waals surface area contributed by atoms with E-state index in [4.69, 9.17) is 23.0 Å². The van der Waals surface area contributed by atoms with Crippen molar-refractivity contribution in [2.75, 3.05) is 27.3 Å². The number of ether oxygens (including phenoxy) is 3. The average Bonchev–Trinajstić information content (AvgIpc) is 2.80. The smallest absolute Gasteiger partial charge is 0.437 e. The van der Waals surface area contributed by atoms with Crippen LogP contribution >= 0.6 is 7.82 Å². The molecule has 0 saturated heterocycles. The molecule has 0 amide bonds. The first-order valence-electron chi connectivity index (χ1n) is 11.4. The third-order valence-electron chi connectivity index (χ3n) is 5.02. The van der Waals surface area contributed by atoms with Crippen LogP contribution in [0.5, 0.6) is 0 Å². The number of hydrogen-bond acceptors (Lipinski definition) is 13. The van der Waals surface area contributed by atoms with Gasteiger partial charge in [-0.2, -0.15) is 0 Å². The Morgan fingerprint density at radius 1 is 1.00 bits per heavy atom. The second kappa shape index (κ2) is 12.8. The van der Waals surface area contributed by atoms with Crippen molar-refractivity contribution in [2.24, 2.45) is 10.8 Å². The molecule has 0 bridgehead atoms. The highest BCUT2D eigenvalue weighted by molar-refractivity contribution is 7.48. The molecule has 17 heteroatoms. The molecular weight excluding hydrogens is 550 g/mol. The number of aromatic amines is 1. The van der Waals surface area contributed by atoms with Gasteiger partial charge in [-0.1, -0.05) is 0 Å². The van der Waals surface area contributed by atoms with Crippen LogP contribution in [0.15, 0.2) is 21.9 Å². The molecule has 0 saturated carbocycles. The number of H-pyrrole nitrogens is 1. The van der Waals surface area contributed by atoms with Gasteiger partial charge in [0.2, 0.25) is 13.6 Å². The molecule has 3 N–H and O–H groups in total. The highest BCUT2D eigenvalue weighted by Gasteiger charge is 2.52. The number of nitrogens with one attached hydrogen (secondary N) is 1. The number of methoxy groups -OCH3 is 1. The zero-order valence-corrected chi connectivity index (χ0v) is 23.9. The van der Waals surface area contributed by atoms with Crippen LogP contribution in [0.3, 0.4) is 0 Å². The van der Waals surface area contributed by atoms with E-state index in [2.05, 4.69) is 4.74 Å². The van der Waals surface area contributed by atoms with Gasteiger partial charge in [0.15, 0.2) is 11.8 Å². The number of hydrogen-bond donors (Lipinski definition) is 3. The lowest BCUT2D eigenvalue weighted by atomic mass is 9.98. The molecule has 0 aliphatic rings. The lowest BCUT2D eigenvalue weighted by Crippen LogP contribution is -2.59. The number of halogens is 1. The second-order valence-corrected chi connectivity index (χ2v) is 12.2. The molecule has 1 rings (SSSR count). The van der Waals surface area contributed by atoms with E-state index in [1.54, 1.807) is 0 Å². The van der Waals surface area contributed by atoms with Crippen molar-refractivity contribution >= 4 is 19.8 Å². The lowest BCUT2D eigenvalue weighted by Gasteiger charge is -2.38. The minimum absolute atomic E-state index is 0.414. The fraction of sp³-hybridized carbons (Fsp3) is 0.727. The number of esters is 2. The predicted molar refractivity (Wildman–Crippen MR) is 131 cm³/mol. The van der Waals surface area contributed by atoms with Crippen LogP contribution in [0.25, 0.3) is 0 Å². The van der Waals surface area contributed by atoms with Crippen LogP contribution in [-0.4, -0.2) is 71.0 Å². The van der Waals surface area contributed by atoms with Crippen LogP contribution < -0.4 is 11.2 Å². The summed E-state index contributed by atoms with van der Waals surface area (Å²) in [5.74, 6) is -4.91. The van der Waals surface area contributed by atoms with Gasteiger partial charge in [-0.25, -0.2) is 22.8 Å². The minimum atomic E-state index is -4.91. The number of carbonyl (C=O) groups is 2. The third kappa shape index (κ3) is 9.60. The predicted octanol–water partition coefficient (Wildman–Crippen LogP) is 1.13. The van der Waals surface area contributed by atoms with E-state index in [0.717, 1.165) is 26.3 Å². The van der Waals surface area contributed by atoms with Gasteiger partial charge in [-0.3, -0.25) is 28.5 Å². The van der Waals surface area contributed by atoms with Crippen molar-refractivity contribution < 1.29 is 56.5 Å². The number of aliphatic hydroxyl groups excluding tert-OH is 1. The molecule has 0 unspecified atom stereocenters. The monoisotopic (exact) mass is 586 g/mol. The summed E-state index contributed by atoms with van der Waals surface area (Å²) >= 11 is 0. The van der Waals surface area contributed by atoms with E-state index in [1.165, 1.54) is 41.5 Å². The first-order chi connectivity index (χ1) is 17.6. The Balaban J connectivity index is 3.15. The van der Waals surface area contributed by atoms with Crippen LogP contribution in [0.1, 0.15) is 48.5 Å². The topological polar surface area (TPSA) is 202 Å². The average molecular weight is 587 g/mol. The van der Waals surface area contributed by atoms with Crippen LogP contribution in [0.4, 0.5) is 4.39 Å². The van der Waals surface area contributed by atoms with Gasteiger partial charge in [0, 0.05) is 19.4 Å². The summed E-state index contributed by atoms with van der Waals surface area (Å²) in [4.78, 5) is 49.2. The molecular formula is C22H36FN2O13P. The Morgan fingerprint density at radius 3 is 1.85 bits per heavy atom. The van der Waals surface area contributed by atoms with E-state index in [9.17, 15) is 34.0 Å². The van der Waals surface area contributed by atoms with Crippen molar-refractivity contribution in [1.29, 1.82) is 0 Å². The molecule has 0 spiro atoms. The number of phosphoric acid groups is 1. The molecule has 224 valence electrons.